The predicted octanol–water partition coefficient (Wildman–Crippen LogP) is 10.9. The number of pyridine rings is 1. The van der Waals surface area contributed by atoms with Crippen molar-refractivity contribution in [2.45, 2.75) is 40.2 Å². The SMILES string of the molecule is Cc1cc(OCc2ccccc2)cc(C)c1-c1cnn(-c2[c-]c(Oc3[c-]c4c(cc3)c3ccccc3n4-c3cc(F)ccn3)cc(C(C)C)c2)c1.[Pt+2]. The molecule has 3 heterocycles. The van der Waals surface area contributed by atoms with E-state index in [0.717, 1.165) is 66.6 Å². The number of nitrogens with zero attached hydrogens (tertiary/aromatic N) is 4. The third-order valence-corrected chi connectivity index (χ3v) is 9.11. The molecule has 0 aliphatic heterocycles. The summed E-state index contributed by atoms with van der Waals surface area (Å²) >= 11 is 0. The maximum atomic E-state index is 14.3. The average molecular weight is 866 g/mol. The van der Waals surface area contributed by atoms with Crippen LogP contribution in [-0.4, -0.2) is 19.3 Å². The van der Waals surface area contributed by atoms with Gasteiger partial charge in [-0.2, -0.15) is 11.2 Å². The fourth-order valence-corrected chi connectivity index (χ4v) is 6.65. The van der Waals surface area contributed by atoms with Crippen molar-refractivity contribution in [2.75, 3.05) is 0 Å². The van der Waals surface area contributed by atoms with Crippen LogP contribution < -0.4 is 9.47 Å². The summed E-state index contributed by atoms with van der Waals surface area (Å²) in [4.78, 5) is 4.47. The van der Waals surface area contributed by atoms with Crippen LogP contribution in [-0.2, 0) is 27.7 Å². The molecular formula is C44H35FN4O2Pt. The molecule has 0 aliphatic rings. The number of aromatic nitrogens is 4. The first-order chi connectivity index (χ1) is 24.8. The minimum Gasteiger partial charge on any atom is -0.509 e. The molecule has 0 atom stereocenters. The first-order valence-electron chi connectivity index (χ1n) is 17.0. The van der Waals surface area contributed by atoms with Crippen LogP contribution in [0.1, 0.15) is 42.0 Å². The van der Waals surface area contributed by atoms with Crippen molar-refractivity contribution in [3.8, 4) is 39.9 Å². The molecule has 0 aliphatic carbocycles. The summed E-state index contributed by atoms with van der Waals surface area (Å²) in [6.07, 6.45) is 5.39. The Hall–Kier alpha value is -5.52. The average Bonchev–Trinajstić information content (AvgIpc) is 3.74. The zero-order valence-electron chi connectivity index (χ0n) is 29.1. The van der Waals surface area contributed by atoms with Crippen LogP contribution in [0.3, 0.4) is 0 Å². The molecule has 52 heavy (non-hydrogen) atoms. The summed E-state index contributed by atoms with van der Waals surface area (Å²) in [7, 11) is 0. The molecule has 6 nitrogen and oxygen atoms in total. The third-order valence-electron chi connectivity index (χ3n) is 9.11. The van der Waals surface area contributed by atoms with E-state index in [9.17, 15) is 4.39 Å². The number of hydrogen-bond acceptors (Lipinski definition) is 4. The second-order valence-electron chi connectivity index (χ2n) is 13.1. The van der Waals surface area contributed by atoms with Gasteiger partial charge >= 0.3 is 21.1 Å². The zero-order chi connectivity index (χ0) is 35.1. The van der Waals surface area contributed by atoms with Gasteiger partial charge in [0, 0.05) is 41.0 Å². The number of para-hydroxylation sites is 1. The maximum absolute atomic E-state index is 14.3. The maximum Gasteiger partial charge on any atom is 2.00 e. The van der Waals surface area contributed by atoms with Crippen molar-refractivity contribution in [3.05, 3.63) is 162 Å². The molecule has 0 saturated carbocycles. The Labute approximate surface area is 316 Å². The quantitative estimate of drug-likeness (QED) is 0.136. The number of halogens is 1. The molecule has 0 fully saturated rings. The van der Waals surface area contributed by atoms with Gasteiger partial charge in [0.25, 0.3) is 0 Å². The topological polar surface area (TPSA) is 54.1 Å². The molecule has 0 N–H and O–H groups in total. The van der Waals surface area contributed by atoms with Crippen molar-refractivity contribution in [1.29, 1.82) is 0 Å². The molecule has 0 saturated heterocycles. The molecular weight excluding hydrogens is 831 g/mol. The van der Waals surface area contributed by atoms with E-state index >= 15 is 0 Å². The molecule has 8 aromatic rings. The van der Waals surface area contributed by atoms with Crippen LogP contribution in [0.15, 0.2) is 122 Å². The van der Waals surface area contributed by atoms with Crippen LogP contribution in [0.2, 0.25) is 0 Å². The van der Waals surface area contributed by atoms with Crippen molar-refractivity contribution < 1.29 is 34.9 Å². The minimum absolute atomic E-state index is 0. The second kappa shape index (κ2) is 14.6. The Balaban J connectivity index is 0.00000420. The number of rotatable bonds is 9. The molecule has 0 radical (unpaired) electrons. The van der Waals surface area contributed by atoms with Gasteiger partial charge in [-0.05, 0) is 77.4 Å². The monoisotopic (exact) mass is 865 g/mol. The Morgan fingerprint density at radius 2 is 1.58 bits per heavy atom. The van der Waals surface area contributed by atoms with Gasteiger partial charge in [-0.15, -0.1) is 41.3 Å². The Bertz CT molecular complexity index is 2520. The number of fused-ring (bicyclic) bond motifs is 3. The third kappa shape index (κ3) is 6.89. The fraction of sp³-hybridized carbons (Fsp3) is 0.136. The summed E-state index contributed by atoms with van der Waals surface area (Å²) in [5.74, 6) is 2.24. The normalized spacial score (nSPS) is 11.3. The smallest absolute Gasteiger partial charge is 0.509 e. The molecule has 0 spiro atoms. The molecule has 0 amide bonds. The number of benzene rings is 5. The van der Waals surface area contributed by atoms with Crippen LogP contribution in [0.25, 0.3) is 44.4 Å². The molecule has 3 aromatic heterocycles. The van der Waals surface area contributed by atoms with Crippen LogP contribution in [0, 0.1) is 31.8 Å². The summed E-state index contributed by atoms with van der Waals surface area (Å²) in [5.41, 5.74) is 8.97. The van der Waals surface area contributed by atoms with E-state index in [4.69, 9.17) is 14.6 Å². The van der Waals surface area contributed by atoms with E-state index in [1.165, 1.54) is 18.3 Å². The molecule has 5 aromatic carbocycles. The van der Waals surface area contributed by atoms with Crippen molar-refractivity contribution in [1.82, 2.24) is 19.3 Å². The first kappa shape index (κ1) is 34.9. The molecule has 8 rings (SSSR count). The van der Waals surface area contributed by atoms with Gasteiger partial charge in [-0.1, -0.05) is 67.9 Å². The van der Waals surface area contributed by atoms with E-state index < -0.39 is 0 Å². The Morgan fingerprint density at radius 3 is 2.35 bits per heavy atom. The van der Waals surface area contributed by atoms with Gasteiger partial charge < -0.3 is 14.0 Å². The van der Waals surface area contributed by atoms with E-state index in [-0.39, 0.29) is 32.8 Å². The summed E-state index contributed by atoms with van der Waals surface area (Å²) < 4.78 is 30.7. The molecule has 0 bridgehead atoms. The van der Waals surface area contributed by atoms with E-state index in [0.29, 0.717) is 23.9 Å². The zero-order valence-corrected chi connectivity index (χ0v) is 31.4. The number of hydrogen-bond donors (Lipinski definition) is 0. The minimum atomic E-state index is -0.358. The van der Waals surface area contributed by atoms with E-state index in [2.05, 4.69) is 75.1 Å². The summed E-state index contributed by atoms with van der Waals surface area (Å²) in [6, 6.07) is 40.0. The number of ether oxygens (including phenoxy) is 2. The number of aryl methyl sites for hydroxylation is 2. The predicted molar refractivity (Wildman–Crippen MR) is 200 cm³/mol. The van der Waals surface area contributed by atoms with Crippen molar-refractivity contribution in [2.24, 2.45) is 0 Å². The first-order valence-corrected chi connectivity index (χ1v) is 17.0. The van der Waals surface area contributed by atoms with Crippen LogP contribution in [0.5, 0.6) is 17.2 Å². The van der Waals surface area contributed by atoms with E-state index in [1.54, 1.807) is 0 Å². The van der Waals surface area contributed by atoms with Crippen molar-refractivity contribution >= 4 is 21.8 Å². The Morgan fingerprint density at radius 1 is 0.808 bits per heavy atom. The van der Waals surface area contributed by atoms with Gasteiger partial charge in [0.2, 0.25) is 0 Å². The largest absolute Gasteiger partial charge is 2.00 e. The summed E-state index contributed by atoms with van der Waals surface area (Å²) in [6.45, 7) is 9.01. The van der Waals surface area contributed by atoms with Gasteiger partial charge in [0.05, 0.1) is 6.20 Å². The molecule has 260 valence electrons. The Kier molecular flexibility index (Phi) is 9.81. The van der Waals surface area contributed by atoms with Crippen LogP contribution in [0.4, 0.5) is 4.39 Å². The van der Waals surface area contributed by atoms with E-state index in [1.807, 2.05) is 82.3 Å². The van der Waals surface area contributed by atoms with Crippen molar-refractivity contribution in [3.63, 3.8) is 0 Å². The second-order valence-corrected chi connectivity index (χ2v) is 13.1. The fourth-order valence-electron chi connectivity index (χ4n) is 6.65. The standard InChI is InChI=1S/C44H35FN4O2.Pt/c1-28(2)32-20-35(48-26-33(25-47-48)44-29(3)18-37(19-30(44)4)50-27-31-10-6-5-7-11-31)23-38(21-32)51-36-14-15-40-39-12-8-9-13-41(39)49(42(40)24-36)43-22-34(45)16-17-46-43;/h5-22,25-26,28H,27H2,1-4H3;/q-2;+2. The summed E-state index contributed by atoms with van der Waals surface area (Å²) in [5, 5.41) is 6.75. The molecule has 8 heteroatoms. The van der Waals surface area contributed by atoms with Gasteiger partial charge in [-0.25, -0.2) is 9.37 Å². The molecule has 0 unspecified atom stereocenters. The van der Waals surface area contributed by atoms with Gasteiger partial charge in [-0.3, -0.25) is 4.68 Å². The van der Waals surface area contributed by atoms with Gasteiger partial charge in [0.15, 0.2) is 0 Å². The van der Waals surface area contributed by atoms with Crippen LogP contribution >= 0.6 is 0 Å². The van der Waals surface area contributed by atoms with Gasteiger partial charge in [0.1, 0.15) is 24.0 Å².